The summed E-state index contributed by atoms with van der Waals surface area (Å²) in [5, 5.41) is 12.8. The Kier molecular flexibility index (Phi) is 6.59. The Balaban J connectivity index is 1.28. The molecule has 0 radical (unpaired) electrons. The van der Waals surface area contributed by atoms with E-state index in [9.17, 15) is 4.79 Å². The molecule has 0 spiro atoms. The molecular weight excluding hydrogens is 498 g/mol. The minimum atomic E-state index is -0.444. The first-order valence-electron chi connectivity index (χ1n) is 12.7. The fourth-order valence-electron chi connectivity index (χ4n) is 4.48. The molecule has 0 atom stereocenters. The average molecular weight is 526 g/mol. The van der Waals surface area contributed by atoms with E-state index in [1.807, 2.05) is 49.6 Å². The zero-order chi connectivity index (χ0) is 26.8. The van der Waals surface area contributed by atoms with E-state index in [0.717, 1.165) is 35.4 Å². The van der Waals surface area contributed by atoms with Crippen molar-refractivity contribution in [1.29, 1.82) is 0 Å². The van der Waals surface area contributed by atoms with Crippen LogP contribution >= 0.6 is 0 Å². The Morgan fingerprint density at radius 2 is 1.90 bits per heavy atom. The van der Waals surface area contributed by atoms with Crippen LogP contribution < -0.4 is 10.2 Å². The third kappa shape index (κ3) is 5.01. The minimum Gasteiger partial charge on any atom is -0.462 e. The maximum Gasteiger partial charge on any atom is 0.340 e. The number of hydrogen-bond donors (Lipinski definition) is 1. The van der Waals surface area contributed by atoms with E-state index in [4.69, 9.17) is 14.5 Å². The number of aryl methyl sites for hydroxylation is 1. The number of esters is 1. The second-order valence-corrected chi connectivity index (χ2v) is 9.00. The van der Waals surface area contributed by atoms with Crippen LogP contribution in [0, 0.1) is 0 Å². The molecule has 0 saturated carbocycles. The number of carbonyl (C=O) groups excluding carboxylic acids is 1. The summed E-state index contributed by atoms with van der Waals surface area (Å²) in [6, 6.07) is 11.5. The van der Waals surface area contributed by atoms with E-state index in [0.29, 0.717) is 41.8 Å². The maximum absolute atomic E-state index is 13.1. The Morgan fingerprint density at radius 3 is 2.64 bits per heavy atom. The third-order valence-electron chi connectivity index (χ3n) is 6.41. The van der Waals surface area contributed by atoms with Gasteiger partial charge in [-0.3, -0.25) is 4.68 Å². The highest BCUT2D eigenvalue weighted by Gasteiger charge is 2.21. The van der Waals surface area contributed by atoms with Crippen LogP contribution in [0.4, 0.5) is 17.6 Å². The quantitative estimate of drug-likeness (QED) is 0.316. The topological polar surface area (TPSA) is 125 Å². The number of morpholine rings is 1. The van der Waals surface area contributed by atoms with Crippen molar-refractivity contribution < 1.29 is 14.3 Å². The number of rotatable bonds is 7. The highest BCUT2D eigenvalue weighted by molar-refractivity contribution is 6.08. The number of carbonyl (C=O) groups is 1. The first kappa shape index (κ1) is 24.5. The van der Waals surface area contributed by atoms with Gasteiger partial charge < -0.3 is 19.7 Å². The molecule has 3 aromatic heterocycles. The molecule has 1 aliphatic heterocycles. The van der Waals surface area contributed by atoms with Gasteiger partial charge in [-0.05, 0) is 31.2 Å². The van der Waals surface area contributed by atoms with Crippen molar-refractivity contribution in [2.75, 3.05) is 43.1 Å². The molecule has 6 rings (SSSR count). The molecule has 198 valence electrons. The summed E-state index contributed by atoms with van der Waals surface area (Å²) >= 11 is 0. The molecule has 1 aliphatic rings. The number of nitrogens with one attached hydrogen (secondary N) is 1. The first-order chi connectivity index (χ1) is 19.1. The summed E-state index contributed by atoms with van der Waals surface area (Å²) < 4.78 is 14.2. The summed E-state index contributed by atoms with van der Waals surface area (Å²) in [6.07, 6.45) is 6.96. The van der Waals surface area contributed by atoms with Crippen molar-refractivity contribution in [1.82, 2.24) is 34.5 Å². The van der Waals surface area contributed by atoms with Crippen LogP contribution in [0.2, 0.25) is 0 Å². The van der Waals surface area contributed by atoms with Crippen LogP contribution in [0.3, 0.4) is 0 Å². The van der Waals surface area contributed by atoms with Gasteiger partial charge in [0.05, 0.1) is 42.8 Å². The second-order valence-electron chi connectivity index (χ2n) is 9.00. The molecular formula is C27H27N9O3. The van der Waals surface area contributed by atoms with E-state index in [1.165, 1.54) is 0 Å². The monoisotopic (exact) mass is 525 g/mol. The van der Waals surface area contributed by atoms with Gasteiger partial charge >= 0.3 is 5.97 Å². The van der Waals surface area contributed by atoms with Crippen molar-refractivity contribution in [2.45, 2.75) is 6.92 Å². The smallest absolute Gasteiger partial charge is 0.340 e. The van der Waals surface area contributed by atoms with Crippen LogP contribution in [-0.4, -0.2) is 73.4 Å². The van der Waals surface area contributed by atoms with E-state index in [2.05, 4.69) is 30.4 Å². The average Bonchev–Trinajstić information content (AvgIpc) is 3.63. The molecule has 0 bridgehead atoms. The highest BCUT2D eigenvalue weighted by Crippen LogP contribution is 2.30. The molecule has 2 aromatic carbocycles. The molecule has 0 amide bonds. The zero-order valence-corrected chi connectivity index (χ0v) is 21.6. The molecule has 0 aliphatic carbocycles. The second kappa shape index (κ2) is 10.5. The highest BCUT2D eigenvalue weighted by atomic mass is 16.5. The van der Waals surface area contributed by atoms with Gasteiger partial charge in [-0.15, -0.1) is 5.10 Å². The van der Waals surface area contributed by atoms with E-state index >= 15 is 0 Å². The SMILES string of the molecule is CCOC(=O)c1c(-c2cnn(C)c2)ccc2cnc(Nc3ccc(-n4cnc(N5CCOCC5)n4)cc3)nc12. The molecule has 1 fully saturated rings. The van der Waals surface area contributed by atoms with Crippen LogP contribution in [0.1, 0.15) is 17.3 Å². The molecule has 12 nitrogen and oxygen atoms in total. The third-order valence-corrected chi connectivity index (χ3v) is 6.41. The van der Waals surface area contributed by atoms with E-state index < -0.39 is 5.97 Å². The fourth-order valence-corrected chi connectivity index (χ4v) is 4.48. The lowest BCUT2D eigenvalue weighted by molar-refractivity contribution is 0.0529. The van der Waals surface area contributed by atoms with Crippen LogP contribution in [-0.2, 0) is 16.5 Å². The van der Waals surface area contributed by atoms with Crippen LogP contribution in [0.25, 0.3) is 27.7 Å². The van der Waals surface area contributed by atoms with Crippen LogP contribution in [0.5, 0.6) is 0 Å². The minimum absolute atomic E-state index is 0.254. The van der Waals surface area contributed by atoms with Crippen molar-refractivity contribution in [2.24, 2.45) is 7.05 Å². The number of nitrogens with zero attached hydrogens (tertiary/aromatic N) is 8. The van der Waals surface area contributed by atoms with E-state index in [-0.39, 0.29) is 6.61 Å². The summed E-state index contributed by atoms with van der Waals surface area (Å²) in [5.74, 6) is 0.604. The van der Waals surface area contributed by atoms with Crippen molar-refractivity contribution in [3.05, 3.63) is 66.9 Å². The summed E-state index contributed by atoms with van der Waals surface area (Å²) in [5.41, 5.74) is 4.04. The number of fused-ring (bicyclic) bond motifs is 1. The van der Waals surface area contributed by atoms with Gasteiger partial charge in [0.2, 0.25) is 11.9 Å². The Hall–Kier alpha value is -4.84. The number of anilines is 3. The van der Waals surface area contributed by atoms with Gasteiger partial charge in [0.15, 0.2) is 0 Å². The Bertz CT molecular complexity index is 1620. The Morgan fingerprint density at radius 1 is 1.08 bits per heavy atom. The number of ether oxygens (including phenoxy) is 2. The van der Waals surface area contributed by atoms with Gasteiger partial charge in [-0.2, -0.15) is 10.1 Å². The summed E-state index contributed by atoms with van der Waals surface area (Å²) in [7, 11) is 1.83. The summed E-state index contributed by atoms with van der Waals surface area (Å²) in [4.78, 5) is 28.8. The van der Waals surface area contributed by atoms with Crippen molar-refractivity contribution in [3.8, 4) is 16.8 Å². The Labute approximate surface area is 224 Å². The molecule has 12 heteroatoms. The van der Waals surface area contributed by atoms with E-state index in [1.54, 1.807) is 35.0 Å². The van der Waals surface area contributed by atoms with Gasteiger partial charge in [-0.1, -0.05) is 12.1 Å². The molecule has 1 N–H and O–H groups in total. The lowest BCUT2D eigenvalue weighted by Gasteiger charge is -2.25. The predicted octanol–water partition coefficient (Wildman–Crippen LogP) is 3.37. The molecule has 0 unspecified atom stereocenters. The number of hydrogen-bond acceptors (Lipinski definition) is 10. The molecule has 1 saturated heterocycles. The van der Waals surface area contributed by atoms with Crippen LogP contribution in [0.15, 0.2) is 61.3 Å². The first-order valence-corrected chi connectivity index (χ1v) is 12.7. The standard InChI is InChI=1S/C27H27N9O3/c1-3-39-25(37)23-22(19-15-30-34(2)16-19)9-4-18-14-28-26(32-24(18)23)31-20-5-7-21(8-6-20)36-17-29-27(33-36)35-10-12-38-13-11-35/h4-9,14-17H,3,10-13H2,1-2H3,(H,28,31,32). The zero-order valence-electron chi connectivity index (χ0n) is 21.6. The van der Waals surface area contributed by atoms with Crippen molar-refractivity contribution >= 4 is 34.5 Å². The predicted molar refractivity (Wildman–Crippen MR) is 145 cm³/mol. The van der Waals surface area contributed by atoms with Crippen molar-refractivity contribution in [3.63, 3.8) is 0 Å². The normalized spacial score (nSPS) is 13.5. The lowest BCUT2D eigenvalue weighted by Crippen LogP contribution is -2.37. The van der Waals surface area contributed by atoms with Gasteiger partial charge in [0, 0.05) is 54.7 Å². The molecule has 39 heavy (non-hydrogen) atoms. The lowest BCUT2D eigenvalue weighted by atomic mass is 9.99. The largest absolute Gasteiger partial charge is 0.462 e. The maximum atomic E-state index is 13.1. The fraction of sp³-hybridized carbons (Fsp3) is 0.259. The van der Waals surface area contributed by atoms with Gasteiger partial charge in [0.1, 0.15) is 6.33 Å². The molecule has 4 heterocycles. The number of benzene rings is 2. The van der Waals surface area contributed by atoms with Gasteiger partial charge in [0.25, 0.3) is 0 Å². The molecule has 5 aromatic rings. The number of aromatic nitrogens is 7. The summed E-state index contributed by atoms with van der Waals surface area (Å²) in [6.45, 7) is 4.95. The van der Waals surface area contributed by atoms with Gasteiger partial charge in [-0.25, -0.2) is 19.4 Å².